The van der Waals surface area contributed by atoms with Crippen molar-refractivity contribution in [1.82, 2.24) is 10.2 Å². The molecule has 2 unspecified atom stereocenters. The molecule has 17 heavy (non-hydrogen) atoms. The number of likely N-dealkylation sites (N-methyl/N-ethyl adjacent to an activating group) is 1. The van der Waals surface area contributed by atoms with E-state index < -0.39 is 0 Å². The zero-order chi connectivity index (χ0) is 13.0. The zero-order valence-corrected chi connectivity index (χ0v) is 12.8. The van der Waals surface area contributed by atoms with Crippen LogP contribution in [-0.2, 0) is 0 Å². The molecule has 2 atom stereocenters. The third-order valence-corrected chi connectivity index (χ3v) is 4.12. The van der Waals surface area contributed by atoms with Gasteiger partial charge >= 0.3 is 0 Å². The average Bonchev–Trinajstić information content (AvgIpc) is 2.64. The maximum Gasteiger partial charge on any atom is 0.157 e. The Kier molecular flexibility index (Phi) is 5.80. The fourth-order valence-corrected chi connectivity index (χ4v) is 3.02. The summed E-state index contributed by atoms with van der Waals surface area (Å²) < 4.78 is 0. The number of hydrogen-bond acceptors (Lipinski definition) is 4. The molecule has 0 aliphatic carbocycles. The van der Waals surface area contributed by atoms with Gasteiger partial charge in [0.1, 0.15) is 0 Å². The van der Waals surface area contributed by atoms with E-state index in [9.17, 15) is 0 Å². The largest absolute Gasteiger partial charge is 0.361 e. The van der Waals surface area contributed by atoms with Crippen LogP contribution in [0.25, 0.3) is 0 Å². The molecule has 0 aromatic carbocycles. The molecule has 0 spiro atoms. The second kappa shape index (κ2) is 6.64. The summed E-state index contributed by atoms with van der Waals surface area (Å²) in [5.41, 5.74) is 0. The lowest BCUT2D eigenvalue weighted by molar-refractivity contribution is 0.313. The Morgan fingerprint density at radius 1 is 1.35 bits per heavy atom. The van der Waals surface area contributed by atoms with Crippen molar-refractivity contribution in [2.75, 3.05) is 26.4 Å². The zero-order valence-electron chi connectivity index (χ0n) is 12.0. The van der Waals surface area contributed by atoms with Crippen LogP contribution in [0, 0.1) is 11.8 Å². The quantitative estimate of drug-likeness (QED) is 0.819. The third kappa shape index (κ3) is 4.88. The molecular weight excluding hydrogens is 230 g/mol. The number of nitrogens with one attached hydrogen (secondary N) is 1. The molecule has 1 rings (SSSR count). The lowest BCUT2D eigenvalue weighted by atomic mass is 10.0. The first-order chi connectivity index (χ1) is 7.90. The van der Waals surface area contributed by atoms with Gasteiger partial charge in [0.05, 0.1) is 6.04 Å². The van der Waals surface area contributed by atoms with Gasteiger partial charge in [-0.1, -0.05) is 39.5 Å². The molecule has 0 radical (unpaired) electrons. The first kappa shape index (κ1) is 14.8. The van der Waals surface area contributed by atoms with E-state index in [1.807, 2.05) is 11.8 Å². The predicted octanol–water partition coefficient (Wildman–Crippen LogP) is 2.29. The van der Waals surface area contributed by atoms with Crippen molar-refractivity contribution in [1.29, 1.82) is 0 Å². The van der Waals surface area contributed by atoms with Crippen LogP contribution in [0.5, 0.6) is 0 Å². The first-order valence-corrected chi connectivity index (χ1v) is 7.50. The number of nitrogens with zero attached hydrogens (tertiary/aromatic N) is 2. The lowest BCUT2D eigenvalue weighted by Gasteiger charge is -2.26. The van der Waals surface area contributed by atoms with Gasteiger partial charge in [-0.05, 0) is 25.9 Å². The second-order valence-corrected chi connectivity index (χ2v) is 6.82. The number of thioether (sulfide) groups is 1. The summed E-state index contributed by atoms with van der Waals surface area (Å²) in [5.74, 6) is 2.40. The number of rotatable bonds is 5. The topological polar surface area (TPSA) is 27.6 Å². The third-order valence-electron chi connectivity index (χ3n) is 3.12. The van der Waals surface area contributed by atoms with E-state index in [0.717, 1.165) is 17.5 Å². The molecule has 0 fully saturated rings. The van der Waals surface area contributed by atoms with Crippen molar-refractivity contribution in [2.45, 2.75) is 39.8 Å². The standard InChI is InChI=1S/C13H27N3S/c1-9(2)11(7-16(5)6)14-13-15-12(8-17-13)10(3)4/h9-12H,7-8H2,1-6H3,(H,14,15). The molecule has 0 bridgehead atoms. The average molecular weight is 257 g/mol. The van der Waals surface area contributed by atoms with E-state index in [0.29, 0.717) is 23.9 Å². The minimum atomic E-state index is 0.488. The predicted molar refractivity (Wildman–Crippen MR) is 78.8 cm³/mol. The Bertz CT molecular complexity index is 261. The van der Waals surface area contributed by atoms with Crippen molar-refractivity contribution < 1.29 is 0 Å². The Morgan fingerprint density at radius 3 is 2.41 bits per heavy atom. The molecule has 1 aliphatic heterocycles. The van der Waals surface area contributed by atoms with Gasteiger partial charge in [-0.25, -0.2) is 0 Å². The van der Waals surface area contributed by atoms with Crippen LogP contribution in [0.2, 0.25) is 0 Å². The van der Waals surface area contributed by atoms with Crippen LogP contribution in [0.3, 0.4) is 0 Å². The van der Waals surface area contributed by atoms with Gasteiger partial charge in [-0.3, -0.25) is 4.99 Å². The Hall–Kier alpha value is -0.220. The number of hydrogen-bond donors (Lipinski definition) is 1. The van der Waals surface area contributed by atoms with Gasteiger partial charge in [0, 0.05) is 18.3 Å². The van der Waals surface area contributed by atoms with Gasteiger partial charge in [0.15, 0.2) is 5.17 Å². The molecule has 1 aliphatic rings. The van der Waals surface area contributed by atoms with Crippen LogP contribution in [0.4, 0.5) is 0 Å². The van der Waals surface area contributed by atoms with Crippen molar-refractivity contribution in [3.63, 3.8) is 0 Å². The van der Waals surface area contributed by atoms with Crippen LogP contribution in [0.1, 0.15) is 27.7 Å². The number of amidine groups is 1. The van der Waals surface area contributed by atoms with Gasteiger partial charge in [0.2, 0.25) is 0 Å². The van der Waals surface area contributed by atoms with E-state index in [-0.39, 0.29) is 0 Å². The van der Waals surface area contributed by atoms with Crippen LogP contribution in [0.15, 0.2) is 4.99 Å². The minimum absolute atomic E-state index is 0.488. The van der Waals surface area contributed by atoms with Gasteiger partial charge in [0.25, 0.3) is 0 Å². The molecule has 3 nitrogen and oxygen atoms in total. The molecule has 100 valence electrons. The Morgan fingerprint density at radius 2 is 2.00 bits per heavy atom. The normalized spacial score (nSPS) is 22.4. The molecule has 0 amide bonds. The minimum Gasteiger partial charge on any atom is -0.361 e. The molecular formula is C13H27N3S. The first-order valence-electron chi connectivity index (χ1n) is 6.52. The summed E-state index contributed by atoms with van der Waals surface area (Å²) in [4.78, 5) is 7.00. The molecule has 0 aromatic heterocycles. The maximum absolute atomic E-state index is 4.77. The monoisotopic (exact) mass is 257 g/mol. The molecule has 1 N–H and O–H groups in total. The van der Waals surface area contributed by atoms with Crippen molar-refractivity contribution in [3.05, 3.63) is 0 Å². The molecule has 4 heteroatoms. The molecule has 0 aromatic rings. The van der Waals surface area contributed by atoms with Gasteiger partial charge in [-0.15, -0.1) is 0 Å². The summed E-state index contributed by atoms with van der Waals surface area (Å²) >= 11 is 1.87. The van der Waals surface area contributed by atoms with E-state index in [1.165, 1.54) is 0 Å². The highest BCUT2D eigenvalue weighted by Gasteiger charge is 2.24. The van der Waals surface area contributed by atoms with E-state index in [2.05, 4.69) is 52.0 Å². The van der Waals surface area contributed by atoms with E-state index >= 15 is 0 Å². The number of aliphatic imine (C=N–C) groups is 1. The molecule has 1 heterocycles. The van der Waals surface area contributed by atoms with Crippen LogP contribution < -0.4 is 5.32 Å². The highest BCUT2D eigenvalue weighted by molar-refractivity contribution is 8.14. The summed E-state index contributed by atoms with van der Waals surface area (Å²) in [7, 11) is 4.25. The summed E-state index contributed by atoms with van der Waals surface area (Å²) in [6, 6.07) is 0.983. The molecule has 0 saturated carbocycles. The Balaban J connectivity index is 2.53. The van der Waals surface area contributed by atoms with E-state index in [4.69, 9.17) is 4.99 Å². The lowest BCUT2D eigenvalue weighted by Crippen LogP contribution is -2.43. The van der Waals surface area contributed by atoms with E-state index in [1.54, 1.807) is 0 Å². The fourth-order valence-electron chi connectivity index (χ4n) is 1.79. The van der Waals surface area contributed by atoms with Crippen LogP contribution >= 0.6 is 11.8 Å². The SMILES string of the molecule is CC(C)C1CSC(NC(CN(C)C)C(C)C)=N1. The summed E-state index contributed by atoms with van der Waals surface area (Å²) in [6.07, 6.45) is 0. The van der Waals surface area contributed by atoms with Crippen molar-refractivity contribution >= 4 is 16.9 Å². The molecule has 0 saturated heterocycles. The highest BCUT2D eigenvalue weighted by atomic mass is 32.2. The summed E-state index contributed by atoms with van der Waals surface area (Å²) in [6.45, 7) is 10.1. The van der Waals surface area contributed by atoms with Crippen LogP contribution in [-0.4, -0.2) is 48.5 Å². The highest BCUT2D eigenvalue weighted by Crippen LogP contribution is 2.22. The van der Waals surface area contributed by atoms with Gasteiger partial charge < -0.3 is 10.2 Å². The van der Waals surface area contributed by atoms with Crippen molar-refractivity contribution in [3.8, 4) is 0 Å². The van der Waals surface area contributed by atoms with Crippen molar-refractivity contribution in [2.24, 2.45) is 16.8 Å². The summed E-state index contributed by atoms with van der Waals surface area (Å²) in [5, 5.41) is 4.75. The smallest absolute Gasteiger partial charge is 0.157 e. The Labute approximate surface area is 110 Å². The fraction of sp³-hybridized carbons (Fsp3) is 0.923. The second-order valence-electron chi connectivity index (χ2n) is 5.81. The van der Waals surface area contributed by atoms with Gasteiger partial charge in [-0.2, -0.15) is 0 Å². The maximum atomic E-state index is 4.77.